The normalized spacial score (nSPS) is 13.7. The lowest BCUT2D eigenvalue weighted by molar-refractivity contribution is -0.718. The minimum absolute atomic E-state index is 0.443. The van der Waals surface area contributed by atoms with Gasteiger partial charge < -0.3 is 0 Å². The number of imidazole rings is 1. The molecule has 0 unspecified atom stereocenters. The highest BCUT2D eigenvalue weighted by Gasteiger charge is 2.49. The summed E-state index contributed by atoms with van der Waals surface area (Å²) in [4.78, 5) is 0. The summed E-state index contributed by atoms with van der Waals surface area (Å²) in [5.41, 5.74) is 8.19. The third-order valence-electron chi connectivity index (χ3n) is 7.02. The first kappa shape index (κ1) is 20.4. The smallest absolute Gasteiger partial charge is 0.205 e. The topological polar surface area (TPSA) is 8.81 Å². The Hall–Kier alpha value is -4.17. The van der Waals surface area contributed by atoms with Crippen molar-refractivity contribution in [3.8, 4) is 17.1 Å². The van der Waals surface area contributed by atoms with Gasteiger partial charge in [0.2, 0.25) is 0 Å². The van der Waals surface area contributed by atoms with E-state index in [0.29, 0.717) is 0 Å². The van der Waals surface area contributed by atoms with E-state index in [1.54, 1.807) is 0 Å². The first-order chi connectivity index (χ1) is 16.7. The van der Waals surface area contributed by atoms with Gasteiger partial charge in [-0.1, -0.05) is 97.1 Å². The molecular weight excluding hydrogens is 412 g/mol. The van der Waals surface area contributed by atoms with Crippen molar-refractivity contribution in [2.45, 2.75) is 19.4 Å². The van der Waals surface area contributed by atoms with Gasteiger partial charge in [0.25, 0.3) is 5.82 Å². The number of aromatic nitrogens is 2. The van der Waals surface area contributed by atoms with Crippen LogP contribution in [0.25, 0.3) is 23.2 Å². The second-order valence-electron chi connectivity index (χ2n) is 8.95. The molecule has 5 aromatic rings. The summed E-state index contributed by atoms with van der Waals surface area (Å²) in [5, 5.41) is 0. The summed E-state index contributed by atoms with van der Waals surface area (Å²) >= 11 is 0. The Bertz CT molecular complexity index is 1450. The number of nitrogens with zero attached hydrogens (tertiary/aromatic N) is 2. The van der Waals surface area contributed by atoms with Crippen LogP contribution in [0.4, 0.5) is 0 Å². The molecule has 0 fully saturated rings. The summed E-state index contributed by atoms with van der Waals surface area (Å²) in [7, 11) is 0. The molecule has 1 aliphatic rings. The quantitative estimate of drug-likeness (QED) is 0.270. The standard InChI is InChI=1S/C32H27N2/c1-24-14-12-13-21-29(24)33-25(2)30-22-23-32(27-17-8-4-9-18-27,28-19-10-5-11-20-28)34(30)31(33)26-15-6-3-7-16-26/h3-23H,1-2H3/q+1. The number of allylic oxidation sites excluding steroid dienone is 1. The first-order valence-corrected chi connectivity index (χ1v) is 11.8. The highest BCUT2D eigenvalue weighted by molar-refractivity contribution is 5.65. The zero-order valence-electron chi connectivity index (χ0n) is 19.5. The predicted molar refractivity (Wildman–Crippen MR) is 139 cm³/mol. The van der Waals surface area contributed by atoms with Gasteiger partial charge in [-0.15, -0.1) is 0 Å². The van der Waals surface area contributed by atoms with Crippen LogP contribution in [0.15, 0.2) is 121 Å². The van der Waals surface area contributed by atoms with E-state index in [1.807, 2.05) is 0 Å². The van der Waals surface area contributed by atoms with Crippen molar-refractivity contribution in [2.24, 2.45) is 0 Å². The highest BCUT2D eigenvalue weighted by Crippen LogP contribution is 2.40. The summed E-state index contributed by atoms with van der Waals surface area (Å²) in [6.45, 7) is 4.43. The van der Waals surface area contributed by atoms with Crippen LogP contribution in [0.3, 0.4) is 0 Å². The zero-order valence-corrected chi connectivity index (χ0v) is 19.5. The van der Waals surface area contributed by atoms with Gasteiger partial charge in [0, 0.05) is 18.1 Å². The van der Waals surface area contributed by atoms with E-state index >= 15 is 0 Å². The van der Waals surface area contributed by atoms with E-state index in [-0.39, 0.29) is 0 Å². The van der Waals surface area contributed by atoms with Gasteiger partial charge in [-0.05, 0) is 42.8 Å². The molecule has 4 aromatic carbocycles. The van der Waals surface area contributed by atoms with E-state index in [1.165, 1.54) is 45.2 Å². The molecule has 2 heteroatoms. The monoisotopic (exact) mass is 439 g/mol. The van der Waals surface area contributed by atoms with E-state index < -0.39 is 5.54 Å². The van der Waals surface area contributed by atoms with Gasteiger partial charge in [-0.25, -0.2) is 4.57 Å². The van der Waals surface area contributed by atoms with E-state index in [0.717, 1.165) is 0 Å². The fourth-order valence-corrected chi connectivity index (χ4v) is 5.43. The van der Waals surface area contributed by atoms with Crippen LogP contribution in [0.5, 0.6) is 0 Å². The minimum atomic E-state index is -0.443. The highest BCUT2D eigenvalue weighted by atomic mass is 15.2. The molecule has 6 rings (SSSR count). The zero-order chi connectivity index (χ0) is 23.1. The molecule has 0 saturated heterocycles. The SMILES string of the molecule is Cc1ccccc1-n1c(C)c2[n+](c1-c1ccccc1)C(c1ccccc1)(c1ccccc1)C=C2. The Morgan fingerprint density at radius 2 is 1.15 bits per heavy atom. The third-order valence-corrected chi connectivity index (χ3v) is 7.02. The molecule has 1 aliphatic heterocycles. The lowest BCUT2D eigenvalue weighted by Gasteiger charge is -2.28. The van der Waals surface area contributed by atoms with Gasteiger partial charge in [0.05, 0.1) is 5.56 Å². The number of rotatable bonds is 4. The second kappa shape index (κ2) is 8.00. The Kier molecular flexibility index (Phi) is 4.81. The van der Waals surface area contributed by atoms with Crippen LogP contribution in [-0.4, -0.2) is 4.57 Å². The molecule has 0 spiro atoms. The van der Waals surface area contributed by atoms with Crippen LogP contribution in [-0.2, 0) is 5.54 Å². The van der Waals surface area contributed by atoms with E-state index in [2.05, 4.69) is 150 Å². The van der Waals surface area contributed by atoms with Gasteiger partial charge in [-0.3, -0.25) is 0 Å². The van der Waals surface area contributed by atoms with Crippen molar-refractivity contribution in [1.29, 1.82) is 0 Å². The average Bonchev–Trinajstić information content (AvgIpc) is 3.43. The molecule has 0 amide bonds. The van der Waals surface area contributed by atoms with Crippen molar-refractivity contribution >= 4 is 6.08 Å². The average molecular weight is 440 g/mol. The molecule has 0 radical (unpaired) electrons. The third kappa shape index (κ3) is 2.92. The summed E-state index contributed by atoms with van der Waals surface area (Å²) in [6.07, 6.45) is 4.67. The Morgan fingerprint density at radius 3 is 1.74 bits per heavy atom. The molecule has 0 saturated carbocycles. The Labute approximate surface area is 201 Å². The molecule has 0 aliphatic carbocycles. The summed E-state index contributed by atoms with van der Waals surface area (Å²) < 4.78 is 4.97. The molecule has 34 heavy (non-hydrogen) atoms. The molecule has 2 nitrogen and oxygen atoms in total. The minimum Gasteiger partial charge on any atom is -0.205 e. The first-order valence-electron chi connectivity index (χ1n) is 11.8. The Balaban J connectivity index is 1.78. The maximum absolute atomic E-state index is 2.54. The van der Waals surface area contributed by atoms with Crippen molar-refractivity contribution in [1.82, 2.24) is 4.57 Å². The van der Waals surface area contributed by atoms with Crippen LogP contribution in [0, 0.1) is 13.8 Å². The number of aryl methyl sites for hydroxylation is 1. The summed E-state index contributed by atoms with van der Waals surface area (Å²) in [5.74, 6) is 1.18. The van der Waals surface area contributed by atoms with Crippen LogP contribution in [0.1, 0.15) is 28.1 Å². The maximum Gasteiger partial charge on any atom is 0.296 e. The number of hydrogen-bond donors (Lipinski definition) is 0. The van der Waals surface area contributed by atoms with Crippen LogP contribution < -0.4 is 4.57 Å². The van der Waals surface area contributed by atoms with E-state index in [9.17, 15) is 0 Å². The summed E-state index contributed by atoms with van der Waals surface area (Å²) in [6, 6.07) is 41.1. The largest absolute Gasteiger partial charge is 0.296 e. The van der Waals surface area contributed by atoms with E-state index in [4.69, 9.17) is 0 Å². The number of hydrogen-bond acceptors (Lipinski definition) is 0. The van der Waals surface area contributed by atoms with Gasteiger partial charge in [0.1, 0.15) is 5.69 Å². The van der Waals surface area contributed by atoms with Gasteiger partial charge in [0.15, 0.2) is 16.9 Å². The van der Waals surface area contributed by atoms with Crippen molar-refractivity contribution < 1.29 is 4.57 Å². The van der Waals surface area contributed by atoms with Gasteiger partial charge >= 0.3 is 0 Å². The molecule has 0 N–H and O–H groups in total. The molecule has 1 aromatic heterocycles. The molecule has 164 valence electrons. The molecule has 0 bridgehead atoms. The fourth-order valence-electron chi connectivity index (χ4n) is 5.43. The maximum atomic E-state index is 2.54. The molecule has 0 atom stereocenters. The van der Waals surface area contributed by atoms with Gasteiger partial charge in [-0.2, -0.15) is 4.57 Å². The molecule has 2 heterocycles. The lowest BCUT2D eigenvalue weighted by Crippen LogP contribution is -2.56. The van der Waals surface area contributed by atoms with Crippen molar-refractivity contribution in [3.63, 3.8) is 0 Å². The Morgan fingerprint density at radius 1 is 0.618 bits per heavy atom. The predicted octanol–water partition coefficient (Wildman–Crippen LogP) is 6.87. The van der Waals surface area contributed by atoms with Crippen molar-refractivity contribution in [3.05, 3.63) is 149 Å². The van der Waals surface area contributed by atoms with Crippen LogP contribution >= 0.6 is 0 Å². The van der Waals surface area contributed by atoms with Crippen molar-refractivity contribution in [2.75, 3.05) is 0 Å². The number of benzene rings is 4. The molecular formula is C32H27N2+. The lowest BCUT2D eigenvalue weighted by atomic mass is 9.83. The number of para-hydroxylation sites is 1. The second-order valence-corrected chi connectivity index (χ2v) is 8.95. The fraction of sp³-hybridized carbons (Fsp3) is 0.0938. The van der Waals surface area contributed by atoms with Crippen LogP contribution in [0.2, 0.25) is 0 Å². The number of fused-ring (bicyclic) bond motifs is 1.